The van der Waals surface area contributed by atoms with E-state index in [2.05, 4.69) is 15.9 Å². The van der Waals surface area contributed by atoms with Crippen molar-refractivity contribution in [1.29, 1.82) is 0 Å². The molecule has 1 aromatic carbocycles. The van der Waals surface area contributed by atoms with E-state index in [4.69, 9.17) is 14.2 Å². The first-order valence-electron chi connectivity index (χ1n) is 5.31. The van der Waals surface area contributed by atoms with Gasteiger partial charge in [0.15, 0.2) is 0 Å². The van der Waals surface area contributed by atoms with E-state index >= 15 is 0 Å². The van der Waals surface area contributed by atoms with Crippen LogP contribution in [0.1, 0.15) is 4.88 Å². The van der Waals surface area contributed by atoms with Crippen molar-refractivity contribution < 1.29 is 14.2 Å². The van der Waals surface area contributed by atoms with Crippen molar-refractivity contribution >= 4 is 27.3 Å². The molecule has 0 bridgehead atoms. The Balaban J connectivity index is 2.08. The predicted octanol–water partition coefficient (Wildman–Crippen LogP) is 4.11. The minimum atomic E-state index is 0.534. The Labute approximate surface area is 118 Å². The SMILES string of the molecule is COc1cc(OC)cc(OCc2ccc(Br)s2)c1. The molecule has 0 aliphatic rings. The van der Waals surface area contributed by atoms with E-state index in [9.17, 15) is 0 Å². The van der Waals surface area contributed by atoms with E-state index in [-0.39, 0.29) is 0 Å². The van der Waals surface area contributed by atoms with Gasteiger partial charge in [-0.25, -0.2) is 0 Å². The number of rotatable bonds is 5. The third kappa shape index (κ3) is 3.40. The van der Waals surface area contributed by atoms with Crippen LogP contribution in [-0.2, 0) is 6.61 Å². The Morgan fingerprint density at radius 2 is 1.61 bits per heavy atom. The quantitative estimate of drug-likeness (QED) is 0.826. The molecule has 0 aliphatic carbocycles. The summed E-state index contributed by atoms with van der Waals surface area (Å²) in [5, 5.41) is 0. The lowest BCUT2D eigenvalue weighted by Crippen LogP contribution is -1.94. The first-order chi connectivity index (χ1) is 8.71. The van der Waals surface area contributed by atoms with E-state index in [1.807, 2.05) is 30.3 Å². The summed E-state index contributed by atoms with van der Waals surface area (Å²) in [5.74, 6) is 2.17. The number of ether oxygens (including phenoxy) is 3. The monoisotopic (exact) mass is 328 g/mol. The van der Waals surface area contributed by atoms with Gasteiger partial charge in [-0.15, -0.1) is 11.3 Å². The number of benzene rings is 1. The van der Waals surface area contributed by atoms with Crippen LogP contribution >= 0.6 is 27.3 Å². The molecule has 0 radical (unpaired) electrons. The fraction of sp³-hybridized carbons (Fsp3) is 0.231. The van der Waals surface area contributed by atoms with Crippen LogP contribution in [0.3, 0.4) is 0 Å². The van der Waals surface area contributed by atoms with Gasteiger partial charge in [-0.05, 0) is 28.1 Å². The van der Waals surface area contributed by atoms with Gasteiger partial charge >= 0.3 is 0 Å². The molecule has 0 N–H and O–H groups in total. The number of hydrogen-bond donors (Lipinski definition) is 0. The molecular weight excluding hydrogens is 316 g/mol. The highest BCUT2D eigenvalue weighted by molar-refractivity contribution is 9.11. The normalized spacial score (nSPS) is 10.2. The second-order valence-corrected chi connectivity index (χ2v) is 6.09. The zero-order valence-electron chi connectivity index (χ0n) is 10.1. The van der Waals surface area contributed by atoms with Gasteiger partial charge < -0.3 is 14.2 Å². The van der Waals surface area contributed by atoms with Crippen LogP contribution in [0.15, 0.2) is 34.1 Å². The van der Waals surface area contributed by atoms with Crippen LogP contribution in [0, 0.1) is 0 Å². The molecule has 2 aromatic rings. The molecule has 96 valence electrons. The van der Waals surface area contributed by atoms with Crippen LogP contribution in [0.2, 0.25) is 0 Å². The van der Waals surface area contributed by atoms with Crippen LogP contribution in [-0.4, -0.2) is 14.2 Å². The van der Waals surface area contributed by atoms with Crippen LogP contribution in [0.5, 0.6) is 17.2 Å². The Kier molecular flexibility index (Phi) is 4.49. The third-order valence-electron chi connectivity index (χ3n) is 2.33. The van der Waals surface area contributed by atoms with Crippen molar-refractivity contribution in [3.63, 3.8) is 0 Å². The summed E-state index contributed by atoms with van der Waals surface area (Å²) in [4.78, 5) is 1.16. The van der Waals surface area contributed by atoms with Gasteiger partial charge in [0.1, 0.15) is 23.9 Å². The second kappa shape index (κ2) is 6.11. The Morgan fingerprint density at radius 3 is 2.11 bits per heavy atom. The van der Waals surface area contributed by atoms with Crippen molar-refractivity contribution in [3.05, 3.63) is 39.0 Å². The molecule has 2 rings (SSSR count). The Bertz CT molecular complexity index is 502. The van der Waals surface area contributed by atoms with Crippen molar-refractivity contribution in [2.45, 2.75) is 6.61 Å². The molecule has 0 amide bonds. The maximum atomic E-state index is 5.72. The first-order valence-corrected chi connectivity index (χ1v) is 6.92. The molecule has 1 heterocycles. The molecule has 1 aromatic heterocycles. The maximum Gasteiger partial charge on any atom is 0.127 e. The molecule has 0 spiro atoms. The zero-order valence-corrected chi connectivity index (χ0v) is 12.5. The van der Waals surface area contributed by atoms with Gasteiger partial charge in [-0.2, -0.15) is 0 Å². The highest BCUT2D eigenvalue weighted by atomic mass is 79.9. The van der Waals surface area contributed by atoms with Crippen molar-refractivity contribution in [2.24, 2.45) is 0 Å². The summed E-state index contributed by atoms with van der Waals surface area (Å²) in [6.45, 7) is 0.534. The molecule has 18 heavy (non-hydrogen) atoms. The standard InChI is InChI=1S/C13H13BrO3S/c1-15-9-5-10(16-2)7-11(6-9)17-8-12-3-4-13(14)18-12/h3-7H,8H2,1-2H3. The van der Waals surface area contributed by atoms with Gasteiger partial charge in [0, 0.05) is 23.1 Å². The lowest BCUT2D eigenvalue weighted by atomic mass is 10.3. The van der Waals surface area contributed by atoms with Gasteiger partial charge in [0.25, 0.3) is 0 Å². The highest BCUT2D eigenvalue weighted by Crippen LogP contribution is 2.29. The van der Waals surface area contributed by atoms with E-state index in [0.29, 0.717) is 6.61 Å². The number of thiophene rings is 1. The Morgan fingerprint density at radius 1 is 1.00 bits per heavy atom. The highest BCUT2D eigenvalue weighted by Gasteiger charge is 2.04. The fourth-order valence-electron chi connectivity index (χ4n) is 1.45. The van der Waals surface area contributed by atoms with Crippen molar-refractivity contribution in [3.8, 4) is 17.2 Å². The van der Waals surface area contributed by atoms with Crippen LogP contribution in [0.25, 0.3) is 0 Å². The minimum Gasteiger partial charge on any atom is -0.496 e. The number of methoxy groups -OCH3 is 2. The average Bonchev–Trinajstić information content (AvgIpc) is 2.81. The summed E-state index contributed by atoms with van der Waals surface area (Å²) in [7, 11) is 3.24. The van der Waals surface area contributed by atoms with E-state index in [1.165, 1.54) is 0 Å². The largest absolute Gasteiger partial charge is 0.496 e. The zero-order chi connectivity index (χ0) is 13.0. The molecule has 3 nitrogen and oxygen atoms in total. The molecule has 0 fully saturated rings. The second-order valence-electron chi connectivity index (χ2n) is 3.54. The average molecular weight is 329 g/mol. The smallest absolute Gasteiger partial charge is 0.127 e. The van der Waals surface area contributed by atoms with Crippen molar-refractivity contribution in [2.75, 3.05) is 14.2 Å². The summed E-state index contributed by atoms with van der Waals surface area (Å²) < 4.78 is 17.2. The maximum absolute atomic E-state index is 5.72. The minimum absolute atomic E-state index is 0.534. The fourth-order valence-corrected chi connectivity index (χ4v) is 2.84. The molecule has 0 aliphatic heterocycles. The van der Waals surface area contributed by atoms with Gasteiger partial charge in [0.2, 0.25) is 0 Å². The first kappa shape index (κ1) is 13.2. The molecule has 0 unspecified atom stereocenters. The van der Waals surface area contributed by atoms with Gasteiger partial charge in [0.05, 0.1) is 18.0 Å². The Hall–Kier alpha value is -1.20. The number of halogens is 1. The molecule has 0 atom stereocenters. The topological polar surface area (TPSA) is 27.7 Å². The van der Waals surface area contributed by atoms with Crippen LogP contribution < -0.4 is 14.2 Å². The third-order valence-corrected chi connectivity index (χ3v) is 3.93. The van der Waals surface area contributed by atoms with Gasteiger partial charge in [-0.1, -0.05) is 0 Å². The molecule has 0 saturated heterocycles. The van der Waals surface area contributed by atoms with E-state index in [1.54, 1.807) is 25.6 Å². The lowest BCUT2D eigenvalue weighted by Gasteiger charge is -2.09. The van der Waals surface area contributed by atoms with Crippen LogP contribution in [0.4, 0.5) is 0 Å². The predicted molar refractivity (Wildman–Crippen MR) is 75.9 cm³/mol. The van der Waals surface area contributed by atoms with Gasteiger partial charge in [-0.3, -0.25) is 0 Å². The number of hydrogen-bond acceptors (Lipinski definition) is 4. The summed E-state index contributed by atoms with van der Waals surface area (Å²) >= 11 is 5.08. The molecular formula is C13H13BrO3S. The summed E-state index contributed by atoms with van der Waals surface area (Å²) in [6.07, 6.45) is 0. The van der Waals surface area contributed by atoms with E-state index in [0.717, 1.165) is 25.9 Å². The lowest BCUT2D eigenvalue weighted by molar-refractivity contribution is 0.303. The molecule has 0 saturated carbocycles. The summed E-state index contributed by atoms with van der Waals surface area (Å²) in [6, 6.07) is 9.53. The van der Waals surface area contributed by atoms with E-state index < -0.39 is 0 Å². The molecule has 5 heteroatoms. The summed E-state index contributed by atoms with van der Waals surface area (Å²) in [5.41, 5.74) is 0. The van der Waals surface area contributed by atoms with Crippen molar-refractivity contribution in [1.82, 2.24) is 0 Å².